The van der Waals surface area contributed by atoms with Crippen LogP contribution in [0.2, 0.25) is 5.02 Å². The van der Waals surface area contributed by atoms with Crippen LogP contribution < -0.4 is 5.73 Å². The molecule has 64 valence electrons. The van der Waals surface area contributed by atoms with Crippen LogP contribution >= 0.6 is 23.4 Å². The van der Waals surface area contributed by atoms with Gasteiger partial charge in [-0.25, -0.2) is 0 Å². The molecule has 0 spiro atoms. The second-order valence-electron chi connectivity index (χ2n) is 2.21. The highest BCUT2D eigenvalue weighted by Crippen LogP contribution is 2.20. The Morgan fingerprint density at radius 3 is 2.92 bits per heavy atom. The Balaban J connectivity index is 2.57. The Morgan fingerprint density at radius 1 is 1.58 bits per heavy atom. The molecule has 1 rings (SSSR count). The maximum Gasteiger partial charge on any atom is 0.227 e. The van der Waals surface area contributed by atoms with Gasteiger partial charge in [0.05, 0.1) is 5.75 Å². The molecule has 2 nitrogen and oxygen atoms in total. The normalized spacial score (nSPS) is 9.75. The zero-order valence-electron chi connectivity index (χ0n) is 6.29. The van der Waals surface area contributed by atoms with E-state index in [0.717, 1.165) is 4.90 Å². The highest BCUT2D eigenvalue weighted by Gasteiger charge is 1.97. The quantitative estimate of drug-likeness (QED) is 0.760. The van der Waals surface area contributed by atoms with Gasteiger partial charge in [-0.2, -0.15) is 0 Å². The minimum Gasteiger partial charge on any atom is -0.369 e. The lowest BCUT2D eigenvalue weighted by Gasteiger charge is -1.98. The van der Waals surface area contributed by atoms with Crippen molar-refractivity contribution in [3.63, 3.8) is 0 Å². The minimum atomic E-state index is -0.319. The van der Waals surface area contributed by atoms with Crippen molar-refractivity contribution in [3.8, 4) is 0 Å². The van der Waals surface area contributed by atoms with E-state index in [1.807, 2.05) is 12.1 Å². The van der Waals surface area contributed by atoms with Crippen LogP contribution in [-0.2, 0) is 4.79 Å². The summed E-state index contributed by atoms with van der Waals surface area (Å²) in [5.74, 6) is -0.0275. The molecule has 0 heterocycles. The molecule has 0 aliphatic rings. The Hall–Kier alpha value is -0.670. The summed E-state index contributed by atoms with van der Waals surface area (Å²) in [6, 6.07) is 7.32. The van der Waals surface area contributed by atoms with Crippen molar-refractivity contribution in [2.24, 2.45) is 5.73 Å². The highest BCUT2D eigenvalue weighted by atomic mass is 35.5. The summed E-state index contributed by atoms with van der Waals surface area (Å²) in [5, 5.41) is 0.671. The van der Waals surface area contributed by atoms with Crippen LogP contribution in [0.4, 0.5) is 0 Å². The Labute approximate surface area is 80.1 Å². The smallest absolute Gasteiger partial charge is 0.227 e. The SMILES string of the molecule is NC(=O)CSc1cccc(Cl)c1. The Kier molecular flexibility index (Phi) is 3.44. The average Bonchev–Trinajstić information content (AvgIpc) is 2.01. The third-order valence-electron chi connectivity index (χ3n) is 1.18. The molecular weight excluding hydrogens is 194 g/mol. The molecule has 4 heteroatoms. The summed E-state index contributed by atoms with van der Waals surface area (Å²) < 4.78 is 0. The van der Waals surface area contributed by atoms with E-state index >= 15 is 0 Å². The number of rotatable bonds is 3. The van der Waals surface area contributed by atoms with Gasteiger partial charge in [-0.1, -0.05) is 17.7 Å². The molecule has 0 atom stereocenters. The van der Waals surface area contributed by atoms with E-state index in [-0.39, 0.29) is 5.91 Å². The predicted octanol–water partition coefficient (Wildman–Crippen LogP) is 1.92. The number of hydrogen-bond donors (Lipinski definition) is 1. The predicted molar refractivity (Wildman–Crippen MR) is 51.4 cm³/mol. The molecule has 0 unspecified atom stereocenters. The molecule has 1 aromatic rings. The number of halogens is 1. The largest absolute Gasteiger partial charge is 0.369 e. The minimum absolute atomic E-state index is 0.292. The molecule has 0 aliphatic carbocycles. The van der Waals surface area contributed by atoms with Crippen molar-refractivity contribution in [1.82, 2.24) is 0 Å². The summed E-state index contributed by atoms with van der Waals surface area (Å²) in [7, 11) is 0. The van der Waals surface area contributed by atoms with Crippen LogP contribution in [0, 0.1) is 0 Å². The Bertz CT molecular complexity index is 290. The second kappa shape index (κ2) is 4.38. The van der Waals surface area contributed by atoms with Crippen molar-refractivity contribution in [1.29, 1.82) is 0 Å². The lowest BCUT2D eigenvalue weighted by molar-refractivity contribution is -0.115. The van der Waals surface area contributed by atoms with Gasteiger partial charge in [0.1, 0.15) is 0 Å². The van der Waals surface area contributed by atoms with E-state index < -0.39 is 0 Å². The van der Waals surface area contributed by atoms with Crippen molar-refractivity contribution < 1.29 is 4.79 Å². The first kappa shape index (κ1) is 9.42. The van der Waals surface area contributed by atoms with Gasteiger partial charge in [-0.05, 0) is 18.2 Å². The number of thioether (sulfide) groups is 1. The molecule has 2 N–H and O–H groups in total. The van der Waals surface area contributed by atoms with E-state index in [1.54, 1.807) is 12.1 Å². The maximum atomic E-state index is 10.4. The van der Waals surface area contributed by atoms with Crippen LogP contribution in [-0.4, -0.2) is 11.7 Å². The summed E-state index contributed by atoms with van der Waals surface area (Å²) in [5.41, 5.74) is 4.99. The zero-order chi connectivity index (χ0) is 8.97. The molecule has 12 heavy (non-hydrogen) atoms. The number of nitrogens with two attached hydrogens (primary N) is 1. The van der Waals surface area contributed by atoms with E-state index in [4.69, 9.17) is 17.3 Å². The molecule has 0 fully saturated rings. The maximum absolute atomic E-state index is 10.4. The van der Waals surface area contributed by atoms with Gasteiger partial charge in [-0.3, -0.25) is 4.79 Å². The van der Waals surface area contributed by atoms with Crippen LogP contribution in [0.15, 0.2) is 29.2 Å². The third kappa shape index (κ3) is 3.15. The highest BCUT2D eigenvalue weighted by molar-refractivity contribution is 8.00. The first-order valence-electron chi connectivity index (χ1n) is 3.35. The fourth-order valence-corrected chi connectivity index (χ4v) is 1.66. The summed E-state index contributed by atoms with van der Waals surface area (Å²) in [6.45, 7) is 0. The van der Waals surface area contributed by atoms with Crippen molar-refractivity contribution >= 4 is 29.3 Å². The van der Waals surface area contributed by atoms with Crippen LogP contribution in [0.3, 0.4) is 0 Å². The first-order valence-corrected chi connectivity index (χ1v) is 4.71. The molecule has 1 amide bonds. The van der Waals surface area contributed by atoms with Gasteiger partial charge in [-0.15, -0.1) is 11.8 Å². The van der Waals surface area contributed by atoms with Gasteiger partial charge in [0, 0.05) is 9.92 Å². The zero-order valence-corrected chi connectivity index (χ0v) is 7.86. The van der Waals surface area contributed by atoms with Crippen molar-refractivity contribution in [3.05, 3.63) is 29.3 Å². The number of carbonyl (C=O) groups excluding carboxylic acids is 1. The van der Waals surface area contributed by atoms with E-state index in [0.29, 0.717) is 10.8 Å². The summed E-state index contributed by atoms with van der Waals surface area (Å²) in [4.78, 5) is 11.4. The fourth-order valence-electron chi connectivity index (χ4n) is 0.711. The van der Waals surface area contributed by atoms with Gasteiger partial charge < -0.3 is 5.73 Å². The lowest BCUT2D eigenvalue weighted by Crippen LogP contribution is -2.12. The number of hydrogen-bond acceptors (Lipinski definition) is 2. The van der Waals surface area contributed by atoms with Gasteiger partial charge in [0.25, 0.3) is 0 Å². The topological polar surface area (TPSA) is 43.1 Å². The van der Waals surface area contributed by atoms with Gasteiger partial charge in [0.2, 0.25) is 5.91 Å². The number of amides is 1. The number of primary amides is 1. The van der Waals surface area contributed by atoms with E-state index in [2.05, 4.69) is 0 Å². The number of benzene rings is 1. The van der Waals surface area contributed by atoms with Crippen LogP contribution in [0.1, 0.15) is 0 Å². The number of carbonyl (C=O) groups is 1. The monoisotopic (exact) mass is 201 g/mol. The molecule has 0 aliphatic heterocycles. The standard InChI is InChI=1S/C8H8ClNOS/c9-6-2-1-3-7(4-6)12-5-8(10)11/h1-4H,5H2,(H2,10,11). The van der Waals surface area contributed by atoms with E-state index in [1.165, 1.54) is 11.8 Å². The third-order valence-corrected chi connectivity index (χ3v) is 2.43. The Morgan fingerprint density at radius 2 is 2.33 bits per heavy atom. The molecule has 0 saturated heterocycles. The lowest BCUT2D eigenvalue weighted by atomic mass is 10.4. The van der Waals surface area contributed by atoms with Crippen LogP contribution in [0.5, 0.6) is 0 Å². The fraction of sp³-hybridized carbons (Fsp3) is 0.125. The van der Waals surface area contributed by atoms with Gasteiger partial charge in [0.15, 0.2) is 0 Å². The summed E-state index contributed by atoms with van der Waals surface area (Å²) >= 11 is 7.11. The molecular formula is C8H8ClNOS. The van der Waals surface area contributed by atoms with Crippen molar-refractivity contribution in [2.45, 2.75) is 4.90 Å². The molecule has 0 aromatic heterocycles. The summed E-state index contributed by atoms with van der Waals surface area (Å²) in [6.07, 6.45) is 0. The average molecular weight is 202 g/mol. The van der Waals surface area contributed by atoms with Crippen molar-refractivity contribution in [2.75, 3.05) is 5.75 Å². The van der Waals surface area contributed by atoms with Crippen LogP contribution in [0.25, 0.3) is 0 Å². The first-order chi connectivity index (χ1) is 5.68. The molecule has 0 radical (unpaired) electrons. The molecule has 0 bridgehead atoms. The van der Waals surface area contributed by atoms with E-state index in [9.17, 15) is 4.79 Å². The molecule has 0 saturated carbocycles. The van der Waals surface area contributed by atoms with Gasteiger partial charge >= 0.3 is 0 Å². The molecule has 1 aromatic carbocycles. The second-order valence-corrected chi connectivity index (χ2v) is 3.70.